The van der Waals surface area contributed by atoms with Gasteiger partial charge in [-0.2, -0.15) is 0 Å². The minimum atomic E-state index is 0.0756. The van der Waals surface area contributed by atoms with Gasteiger partial charge in [0.2, 0.25) is 5.91 Å². The highest BCUT2D eigenvalue weighted by atomic mass is 32.1. The lowest BCUT2D eigenvalue weighted by molar-refractivity contribution is -0.123. The summed E-state index contributed by atoms with van der Waals surface area (Å²) < 4.78 is 0. The second-order valence-electron chi connectivity index (χ2n) is 5.18. The molecule has 0 radical (unpaired) electrons. The van der Waals surface area contributed by atoms with Crippen LogP contribution < -0.4 is 11.1 Å². The van der Waals surface area contributed by atoms with Gasteiger partial charge in [-0.15, -0.1) is 11.3 Å². The normalized spacial score (nSPS) is 12.9. The number of amides is 1. The maximum absolute atomic E-state index is 12.0. The molecule has 1 aromatic heterocycles. The van der Waals surface area contributed by atoms with Crippen LogP contribution in [0.2, 0.25) is 0 Å². The summed E-state index contributed by atoms with van der Waals surface area (Å²) in [6.45, 7) is 6.20. The molecule has 0 aromatic carbocycles. The molecule has 0 saturated heterocycles. The zero-order chi connectivity index (χ0) is 14.3. The van der Waals surface area contributed by atoms with Crippen LogP contribution in [-0.4, -0.2) is 37.5 Å². The molecule has 19 heavy (non-hydrogen) atoms. The van der Waals surface area contributed by atoms with Crippen LogP contribution in [0, 0.1) is 5.92 Å². The van der Waals surface area contributed by atoms with Crippen molar-refractivity contribution in [1.82, 2.24) is 10.2 Å². The van der Waals surface area contributed by atoms with Gasteiger partial charge in [0, 0.05) is 4.88 Å². The number of thiophene rings is 1. The predicted octanol–water partition coefficient (Wildman–Crippen LogP) is 1.84. The van der Waals surface area contributed by atoms with Crippen molar-refractivity contribution in [3.05, 3.63) is 22.4 Å². The van der Waals surface area contributed by atoms with Crippen LogP contribution in [0.5, 0.6) is 0 Å². The molecule has 0 bridgehead atoms. The molecule has 0 spiro atoms. The largest absolute Gasteiger partial charge is 0.347 e. The summed E-state index contributed by atoms with van der Waals surface area (Å²) in [7, 11) is 1.95. The highest BCUT2D eigenvalue weighted by Gasteiger charge is 2.19. The van der Waals surface area contributed by atoms with Crippen molar-refractivity contribution in [3.8, 4) is 0 Å². The standard InChI is InChI=1S/C14H25N3OS/c1-11(2)14(12-6-4-9-19-12)16-13(18)10-17(3)8-5-7-15/h4,6,9,11,14H,5,7-8,10,15H2,1-3H3,(H,16,18). The summed E-state index contributed by atoms with van der Waals surface area (Å²) in [5.41, 5.74) is 5.47. The van der Waals surface area contributed by atoms with Gasteiger partial charge in [-0.05, 0) is 43.9 Å². The average molecular weight is 283 g/mol. The quantitative estimate of drug-likeness (QED) is 0.765. The van der Waals surface area contributed by atoms with Gasteiger partial charge in [0.1, 0.15) is 0 Å². The fraction of sp³-hybridized carbons (Fsp3) is 0.643. The molecule has 1 rings (SSSR count). The minimum Gasteiger partial charge on any atom is -0.347 e. The van der Waals surface area contributed by atoms with Crippen molar-refractivity contribution >= 4 is 17.2 Å². The Morgan fingerprint density at radius 3 is 2.79 bits per heavy atom. The van der Waals surface area contributed by atoms with Crippen molar-refractivity contribution in [3.63, 3.8) is 0 Å². The van der Waals surface area contributed by atoms with Crippen molar-refractivity contribution in [2.24, 2.45) is 11.7 Å². The fourth-order valence-electron chi connectivity index (χ4n) is 1.94. The highest BCUT2D eigenvalue weighted by molar-refractivity contribution is 7.10. The second-order valence-corrected chi connectivity index (χ2v) is 6.16. The molecule has 1 aromatic rings. The van der Waals surface area contributed by atoms with E-state index in [1.807, 2.05) is 23.4 Å². The van der Waals surface area contributed by atoms with Crippen LogP contribution in [-0.2, 0) is 4.79 Å². The average Bonchev–Trinajstić information content (AvgIpc) is 2.86. The SMILES string of the molecule is CC(C)C(NC(=O)CN(C)CCCN)c1cccs1. The third-order valence-corrected chi connectivity index (χ3v) is 3.95. The number of hydrogen-bond donors (Lipinski definition) is 2. The summed E-state index contributed by atoms with van der Waals surface area (Å²) in [5, 5.41) is 5.17. The van der Waals surface area contributed by atoms with Gasteiger partial charge in [0.15, 0.2) is 0 Å². The monoisotopic (exact) mass is 283 g/mol. The van der Waals surface area contributed by atoms with E-state index in [-0.39, 0.29) is 11.9 Å². The van der Waals surface area contributed by atoms with Crippen LogP contribution >= 0.6 is 11.3 Å². The molecular formula is C14H25N3OS. The lowest BCUT2D eigenvalue weighted by Crippen LogP contribution is -2.39. The third-order valence-electron chi connectivity index (χ3n) is 2.99. The molecule has 0 aliphatic carbocycles. The van der Waals surface area contributed by atoms with Crippen molar-refractivity contribution in [2.45, 2.75) is 26.3 Å². The lowest BCUT2D eigenvalue weighted by Gasteiger charge is -2.23. The molecule has 3 N–H and O–H groups in total. The summed E-state index contributed by atoms with van der Waals surface area (Å²) in [4.78, 5) is 15.3. The number of rotatable bonds is 8. The molecule has 1 heterocycles. The zero-order valence-electron chi connectivity index (χ0n) is 12.1. The second kappa shape index (κ2) is 8.30. The number of carbonyl (C=O) groups is 1. The van der Waals surface area contributed by atoms with Crippen LogP contribution in [0.15, 0.2) is 17.5 Å². The number of carbonyl (C=O) groups excluding carboxylic acids is 1. The van der Waals surface area contributed by atoms with Crippen LogP contribution in [0.3, 0.4) is 0 Å². The highest BCUT2D eigenvalue weighted by Crippen LogP contribution is 2.25. The summed E-state index contributed by atoms with van der Waals surface area (Å²) in [6, 6.07) is 4.21. The van der Waals surface area contributed by atoms with E-state index in [0.29, 0.717) is 19.0 Å². The van der Waals surface area contributed by atoms with Crippen molar-refractivity contribution in [1.29, 1.82) is 0 Å². The Hall–Kier alpha value is -0.910. The van der Waals surface area contributed by atoms with Gasteiger partial charge in [-0.3, -0.25) is 9.69 Å². The van der Waals surface area contributed by atoms with Crippen molar-refractivity contribution in [2.75, 3.05) is 26.7 Å². The Morgan fingerprint density at radius 1 is 1.53 bits per heavy atom. The number of nitrogens with one attached hydrogen (secondary N) is 1. The molecule has 0 aliphatic rings. The van der Waals surface area contributed by atoms with E-state index < -0.39 is 0 Å². The first-order valence-electron chi connectivity index (χ1n) is 6.76. The Morgan fingerprint density at radius 2 is 2.26 bits per heavy atom. The Balaban J connectivity index is 2.49. The maximum atomic E-state index is 12.0. The van der Waals surface area contributed by atoms with Gasteiger partial charge in [0.25, 0.3) is 0 Å². The molecule has 0 saturated carbocycles. The summed E-state index contributed by atoms with van der Waals surface area (Å²) in [5.74, 6) is 0.462. The molecule has 108 valence electrons. The summed E-state index contributed by atoms with van der Waals surface area (Å²) in [6.07, 6.45) is 0.919. The number of nitrogens with zero attached hydrogens (tertiary/aromatic N) is 1. The first-order chi connectivity index (χ1) is 9.04. The lowest BCUT2D eigenvalue weighted by atomic mass is 10.0. The Labute approximate surface area is 120 Å². The predicted molar refractivity (Wildman–Crippen MR) is 81.2 cm³/mol. The summed E-state index contributed by atoms with van der Waals surface area (Å²) >= 11 is 1.69. The van der Waals surface area contributed by atoms with E-state index in [4.69, 9.17) is 5.73 Å². The van der Waals surface area contributed by atoms with E-state index in [1.165, 1.54) is 4.88 Å². The molecule has 5 heteroatoms. The number of likely N-dealkylation sites (N-methyl/N-ethyl adjacent to an activating group) is 1. The van der Waals surface area contributed by atoms with Gasteiger partial charge in [-0.25, -0.2) is 0 Å². The molecule has 0 aliphatic heterocycles. The number of hydrogen-bond acceptors (Lipinski definition) is 4. The first kappa shape index (κ1) is 16.1. The van der Waals surface area contributed by atoms with Crippen LogP contribution in [0.4, 0.5) is 0 Å². The zero-order valence-corrected chi connectivity index (χ0v) is 12.9. The third kappa shape index (κ3) is 5.72. The van der Waals surface area contributed by atoms with Crippen LogP contribution in [0.1, 0.15) is 31.2 Å². The molecule has 1 unspecified atom stereocenters. The van der Waals surface area contributed by atoms with Gasteiger partial charge >= 0.3 is 0 Å². The van der Waals surface area contributed by atoms with E-state index in [1.54, 1.807) is 11.3 Å². The van der Waals surface area contributed by atoms with E-state index >= 15 is 0 Å². The van der Waals surface area contributed by atoms with E-state index in [2.05, 4.69) is 25.2 Å². The van der Waals surface area contributed by atoms with Gasteiger partial charge in [-0.1, -0.05) is 19.9 Å². The maximum Gasteiger partial charge on any atom is 0.234 e. The topological polar surface area (TPSA) is 58.4 Å². The van der Waals surface area contributed by atoms with Gasteiger partial charge in [0.05, 0.1) is 12.6 Å². The Bertz CT molecular complexity index is 365. The number of nitrogens with two attached hydrogens (primary N) is 1. The molecule has 0 fully saturated rings. The van der Waals surface area contributed by atoms with E-state index in [0.717, 1.165) is 13.0 Å². The fourth-order valence-corrected chi connectivity index (χ4v) is 2.89. The molecular weight excluding hydrogens is 258 g/mol. The van der Waals surface area contributed by atoms with Crippen LogP contribution in [0.25, 0.3) is 0 Å². The van der Waals surface area contributed by atoms with Crippen molar-refractivity contribution < 1.29 is 4.79 Å². The molecule has 1 atom stereocenters. The smallest absolute Gasteiger partial charge is 0.234 e. The minimum absolute atomic E-state index is 0.0756. The molecule has 4 nitrogen and oxygen atoms in total. The molecule has 1 amide bonds. The van der Waals surface area contributed by atoms with E-state index in [9.17, 15) is 4.79 Å². The Kier molecular flexibility index (Phi) is 7.05. The van der Waals surface area contributed by atoms with Gasteiger partial charge < -0.3 is 11.1 Å². The first-order valence-corrected chi connectivity index (χ1v) is 7.64.